The summed E-state index contributed by atoms with van der Waals surface area (Å²) in [5.41, 5.74) is 6.90. The molecule has 1 fully saturated rings. The zero-order chi connectivity index (χ0) is 17.5. The first-order valence-electron chi connectivity index (χ1n) is 8.92. The molecule has 6 heteroatoms. The van der Waals surface area contributed by atoms with Crippen molar-refractivity contribution in [2.45, 2.75) is 32.2 Å². The van der Waals surface area contributed by atoms with Gasteiger partial charge in [-0.25, -0.2) is 4.98 Å². The highest BCUT2D eigenvalue weighted by atomic mass is 32.1. The van der Waals surface area contributed by atoms with E-state index >= 15 is 0 Å². The largest absolute Gasteiger partial charge is 0.375 e. The fourth-order valence-electron chi connectivity index (χ4n) is 3.21. The molecule has 134 valence electrons. The summed E-state index contributed by atoms with van der Waals surface area (Å²) in [6.07, 6.45) is 5.51. The number of likely N-dealkylation sites (tertiary alicyclic amines) is 1. The van der Waals surface area contributed by atoms with Crippen LogP contribution in [0.1, 0.15) is 29.7 Å². The zero-order valence-corrected chi connectivity index (χ0v) is 15.3. The molecule has 0 saturated carbocycles. The Balaban J connectivity index is 1.31. The number of piperidine rings is 1. The zero-order valence-electron chi connectivity index (χ0n) is 14.5. The van der Waals surface area contributed by atoms with E-state index in [4.69, 9.17) is 5.73 Å². The number of carbonyl (C=O) groups excluding carboxylic acids is 1. The van der Waals surface area contributed by atoms with Gasteiger partial charge >= 0.3 is 0 Å². The van der Waals surface area contributed by atoms with Crippen molar-refractivity contribution in [2.75, 3.05) is 25.4 Å². The number of aromatic nitrogens is 1. The van der Waals surface area contributed by atoms with Crippen LogP contribution in [0.5, 0.6) is 0 Å². The first-order valence-corrected chi connectivity index (χ1v) is 9.74. The van der Waals surface area contributed by atoms with Gasteiger partial charge in [-0.1, -0.05) is 30.3 Å². The second-order valence-electron chi connectivity index (χ2n) is 6.67. The highest BCUT2D eigenvalue weighted by Crippen LogP contribution is 2.21. The van der Waals surface area contributed by atoms with Gasteiger partial charge in [0.05, 0.1) is 0 Å². The molecule has 25 heavy (non-hydrogen) atoms. The molecule has 3 N–H and O–H groups in total. The minimum atomic E-state index is 0.159. The van der Waals surface area contributed by atoms with E-state index in [9.17, 15) is 4.79 Å². The number of rotatable bonds is 7. The van der Waals surface area contributed by atoms with Gasteiger partial charge in [-0.15, -0.1) is 11.3 Å². The SMILES string of the molecule is Nc1ncc(CN2CCC(CNC(=O)CCc3ccccc3)CC2)s1. The Bertz CT molecular complexity index is 665. The maximum atomic E-state index is 12.0. The number of hydrogen-bond acceptors (Lipinski definition) is 5. The molecule has 2 heterocycles. The van der Waals surface area contributed by atoms with Gasteiger partial charge in [0.2, 0.25) is 5.91 Å². The standard InChI is InChI=1S/C19H26N4OS/c20-19-22-13-17(25-19)14-23-10-8-16(9-11-23)12-21-18(24)7-6-15-4-2-1-3-5-15/h1-5,13,16H,6-12,14H2,(H2,20,22)(H,21,24). The number of nitrogen functional groups attached to an aromatic ring is 1. The van der Waals surface area contributed by atoms with E-state index in [1.165, 1.54) is 10.4 Å². The van der Waals surface area contributed by atoms with Crippen LogP contribution in [0.4, 0.5) is 5.13 Å². The Labute approximate surface area is 153 Å². The molecule has 1 aromatic heterocycles. The second kappa shape index (κ2) is 8.97. The molecule has 0 atom stereocenters. The molecular weight excluding hydrogens is 332 g/mol. The van der Waals surface area contributed by atoms with E-state index in [0.29, 0.717) is 17.5 Å². The van der Waals surface area contributed by atoms with E-state index in [1.807, 2.05) is 24.4 Å². The summed E-state index contributed by atoms with van der Waals surface area (Å²) in [7, 11) is 0. The third-order valence-corrected chi connectivity index (χ3v) is 5.54. The van der Waals surface area contributed by atoms with Gasteiger partial charge in [0, 0.05) is 30.6 Å². The molecule has 0 aliphatic carbocycles. The number of anilines is 1. The number of nitrogens with one attached hydrogen (secondary N) is 1. The summed E-state index contributed by atoms with van der Waals surface area (Å²) < 4.78 is 0. The molecule has 0 radical (unpaired) electrons. The van der Waals surface area contributed by atoms with Crippen molar-refractivity contribution in [1.82, 2.24) is 15.2 Å². The molecule has 0 unspecified atom stereocenters. The van der Waals surface area contributed by atoms with Gasteiger partial charge in [-0.05, 0) is 43.8 Å². The molecule has 1 aliphatic rings. The second-order valence-corrected chi connectivity index (χ2v) is 7.82. The van der Waals surface area contributed by atoms with Gasteiger partial charge in [0.1, 0.15) is 0 Å². The molecule has 1 aliphatic heterocycles. The minimum Gasteiger partial charge on any atom is -0.375 e. The molecule has 0 spiro atoms. The van der Waals surface area contributed by atoms with Crippen molar-refractivity contribution in [3.05, 3.63) is 47.0 Å². The molecule has 1 saturated heterocycles. The van der Waals surface area contributed by atoms with E-state index in [-0.39, 0.29) is 5.91 Å². The van der Waals surface area contributed by atoms with Crippen LogP contribution in [0.2, 0.25) is 0 Å². The maximum Gasteiger partial charge on any atom is 0.220 e. The summed E-state index contributed by atoms with van der Waals surface area (Å²) in [6.45, 7) is 3.88. The average molecular weight is 359 g/mol. The van der Waals surface area contributed by atoms with Crippen LogP contribution < -0.4 is 11.1 Å². The first-order chi connectivity index (χ1) is 12.2. The van der Waals surface area contributed by atoms with E-state index in [0.717, 1.165) is 45.4 Å². The lowest BCUT2D eigenvalue weighted by molar-refractivity contribution is -0.121. The average Bonchev–Trinajstić information content (AvgIpc) is 3.05. The van der Waals surface area contributed by atoms with Crippen LogP contribution in [-0.2, 0) is 17.8 Å². The number of thiazole rings is 1. The van der Waals surface area contributed by atoms with Crippen LogP contribution in [-0.4, -0.2) is 35.4 Å². The molecular formula is C19H26N4OS. The molecule has 1 amide bonds. The van der Waals surface area contributed by atoms with E-state index in [2.05, 4.69) is 27.3 Å². The molecule has 2 aromatic rings. The molecule has 0 bridgehead atoms. The maximum absolute atomic E-state index is 12.0. The van der Waals surface area contributed by atoms with E-state index < -0.39 is 0 Å². The number of aryl methyl sites for hydroxylation is 1. The normalized spacial score (nSPS) is 16.0. The summed E-state index contributed by atoms with van der Waals surface area (Å²) >= 11 is 1.57. The van der Waals surface area contributed by atoms with Crippen molar-refractivity contribution in [3.8, 4) is 0 Å². The quantitative estimate of drug-likeness (QED) is 0.798. The molecule has 1 aromatic carbocycles. The van der Waals surface area contributed by atoms with Crippen molar-refractivity contribution >= 4 is 22.4 Å². The monoisotopic (exact) mass is 358 g/mol. The Morgan fingerprint density at radius 1 is 1.28 bits per heavy atom. The van der Waals surface area contributed by atoms with Crippen molar-refractivity contribution in [3.63, 3.8) is 0 Å². The topological polar surface area (TPSA) is 71.2 Å². The Kier molecular flexibility index (Phi) is 6.42. The predicted octanol–water partition coefficient (Wildman–Crippen LogP) is 2.69. The number of carbonyl (C=O) groups is 1. The van der Waals surface area contributed by atoms with Crippen LogP contribution in [0, 0.1) is 5.92 Å². The fourth-order valence-corrected chi connectivity index (χ4v) is 3.94. The van der Waals surface area contributed by atoms with Crippen LogP contribution in [0.3, 0.4) is 0 Å². The lowest BCUT2D eigenvalue weighted by atomic mass is 9.96. The highest BCUT2D eigenvalue weighted by molar-refractivity contribution is 7.15. The third-order valence-electron chi connectivity index (χ3n) is 4.73. The van der Waals surface area contributed by atoms with Crippen LogP contribution in [0.15, 0.2) is 36.5 Å². The van der Waals surface area contributed by atoms with Gasteiger partial charge in [-0.3, -0.25) is 9.69 Å². The van der Waals surface area contributed by atoms with Gasteiger partial charge < -0.3 is 11.1 Å². The van der Waals surface area contributed by atoms with Crippen LogP contribution in [0.25, 0.3) is 0 Å². The Morgan fingerprint density at radius 3 is 2.72 bits per heavy atom. The minimum absolute atomic E-state index is 0.159. The number of benzene rings is 1. The van der Waals surface area contributed by atoms with Crippen molar-refractivity contribution in [2.24, 2.45) is 5.92 Å². The lowest BCUT2D eigenvalue weighted by Crippen LogP contribution is -2.38. The number of hydrogen-bond donors (Lipinski definition) is 2. The third kappa shape index (κ3) is 5.83. The number of amides is 1. The summed E-state index contributed by atoms with van der Waals surface area (Å²) in [6, 6.07) is 10.2. The van der Waals surface area contributed by atoms with Gasteiger partial charge in [0.25, 0.3) is 0 Å². The first kappa shape index (κ1) is 17.9. The fraction of sp³-hybridized carbons (Fsp3) is 0.474. The summed E-state index contributed by atoms with van der Waals surface area (Å²) in [4.78, 5) is 19.8. The summed E-state index contributed by atoms with van der Waals surface area (Å²) in [5.74, 6) is 0.745. The van der Waals surface area contributed by atoms with Crippen molar-refractivity contribution in [1.29, 1.82) is 0 Å². The van der Waals surface area contributed by atoms with E-state index in [1.54, 1.807) is 11.3 Å². The number of nitrogens with zero attached hydrogens (tertiary/aromatic N) is 2. The highest BCUT2D eigenvalue weighted by Gasteiger charge is 2.20. The smallest absolute Gasteiger partial charge is 0.220 e. The molecule has 5 nitrogen and oxygen atoms in total. The van der Waals surface area contributed by atoms with Crippen LogP contribution >= 0.6 is 11.3 Å². The number of nitrogens with two attached hydrogens (primary N) is 1. The van der Waals surface area contributed by atoms with Gasteiger partial charge in [0.15, 0.2) is 5.13 Å². The predicted molar refractivity (Wildman–Crippen MR) is 102 cm³/mol. The Morgan fingerprint density at radius 2 is 2.04 bits per heavy atom. The van der Waals surface area contributed by atoms with Gasteiger partial charge in [-0.2, -0.15) is 0 Å². The molecule has 3 rings (SSSR count). The summed E-state index contributed by atoms with van der Waals surface area (Å²) in [5, 5.41) is 3.75. The Hall–Kier alpha value is -1.92. The van der Waals surface area contributed by atoms with Crippen molar-refractivity contribution < 1.29 is 4.79 Å². The lowest BCUT2D eigenvalue weighted by Gasteiger charge is -2.31.